The maximum atomic E-state index is 5.90. The van der Waals surface area contributed by atoms with Crippen molar-refractivity contribution in [2.75, 3.05) is 40.0 Å². The van der Waals surface area contributed by atoms with Crippen molar-refractivity contribution >= 4 is 0 Å². The van der Waals surface area contributed by atoms with Gasteiger partial charge in [-0.25, -0.2) is 0 Å². The lowest BCUT2D eigenvalue weighted by atomic mass is 9.93. The van der Waals surface area contributed by atoms with Crippen LogP contribution >= 0.6 is 0 Å². The normalized spacial score (nSPS) is 27.6. The monoisotopic (exact) mass is 216 g/mol. The number of hydrogen-bond donors (Lipinski definition) is 1. The lowest BCUT2D eigenvalue weighted by molar-refractivity contribution is -0.0584. The van der Waals surface area contributed by atoms with Gasteiger partial charge in [-0.05, 0) is 20.3 Å². The molecule has 1 aliphatic rings. The molecule has 2 unspecified atom stereocenters. The maximum Gasteiger partial charge on any atom is 0.0620 e. The molecule has 0 bridgehead atoms. The van der Waals surface area contributed by atoms with Gasteiger partial charge in [-0.15, -0.1) is 0 Å². The number of ether oxygens (including phenoxy) is 2. The van der Waals surface area contributed by atoms with Crippen LogP contribution in [0.15, 0.2) is 0 Å². The van der Waals surface area contributed by atoms with Crippen LogP contribution in [0.25, 0.3) is 0 Å². The highest BCUT2D eigenvalue weighted by Gasteiger charge is 2.35. The number of rotatable bonds is 5. The van der Waals surface area contributed by atoms with Gasteiger partial charge in [0.2, 0.25) is 0 Å². The molecule has 0 radical (unpaired) electrons. The molecule has 0 aromatic heterocycles. The molecule has 1 saturated heterocycles. The summed E-state index contributed by atoms with van der Waals surface area (Å²) in [6.45, 7) is 8.43. The highest BCUT2D eigenvalue weighted by atomic mass is 16.5. The Morgan fingerprint density at radius 3 is 2.87 bits per heavy atom. The van der Waals surface area contributed by atoms with E-state index in [9.17, 15) is 0 Å². The van der Waals surface area contributed by atoms with Crippen LogP contribution in [0.5, 0.6) is 0 Å². The zero-order valence-electron chi connectivity index (χ0n) is 10.2. The number of morpholine rings is 1. The second-order valence-corrected chi connectivity index (χ2v) is 4.56. The van der Waals surface area contributed by atoms with Gasteiger partial charge in [-0.2, -0.15) is 0 Å². The number of hydrogen-bond acceptors (Lipinski definition) is 4. The Balaban J connectivity index is 2.61. The van der Waals surface area contributed by atoms with Gasteiger partial charge in [0.25, 0.3) is 0 Å². The molecule has 15 heavy (non-hydrogen) atoms. The van der Waals surface area contributed by atoms with E-state index in [2.05, 4.69) is 18.7 Å². The molecule has 1 heterocycles. The van der Waals surface area contributed by atoms with Crippen LogP contribution in [-0.4, -0.2) is 56.5 Å². The number of nitrogens with two attached hydrogens (primary N) is 1. The molecule has 0 aromatic carbocycles. The summed E-state index contributed by atoms with van der Waals surface area (Å²) in [6.07, 6.45) is 0.977. The van der Waals surface area contributed by atoms with E-state index in [1.807, 2.05) is 0 Å². The van der Waals surface area contributed by atoms with Gasteiger partial charge in [0.1, 0.15) is 0 Å². The Labute approximate surface area is 92.7 Å². The minimum absolute atomic E-state index is 0.0409. The van der Waals surface area contributed by atoms with E-state index in [0.717, 1.165) is 32.8 Å². The molecule has 4 nitrogen and oxygen atoms in total. The minimum Gasteiger partial charge on any atom is -0.385 e. The first-order chi connectivity index (χ1) is 7.14. The Morgan fingerprint density at radius 2 is 2.33 bits per heavy atom. The van der Waals surface area contributed by atoms with Crippen molar-refractivity contribution in [3.05, 3.63) is 0 Å². The van der Waals surface area contributed by atoms with E-state index in [1.54, 1.807) is 7.11 Å². The molecule has 2 atom stereocenters. The topological polar surface area (TPSA) is 47.7 Å². The molecule has 1 fully saturated rings. The fourth-order valence-electron chi connectivity index (χ4n) is 2.21. The third-order valence-corrected chi connectivity index (χ3v) is 3.35. The Hall–Kier alpha value is -0.160. The van der Waals surface area contributed by atoms with Crippen LogP contribution in [0.4, 0.5) is 0 Å². The van der Waals surface area contributed by atoms with Crippen LogP contribution in [-0.2, 0) is 9.47 Å². The summed E-state index contributed by atoms with van der Waals surface area (Å²) in [5.41, 5.74) is 5.94. The second kappa shape index (κ2) is 5.80. The maximum absolute atomic E-state index is 5.90. The standard InChI is InChI=1S/C11H24N2O2/c1-10-8-15-7-5-13(10)11(2,9-12)4-6-14-3/h10H,4-9,12H2,1-3H3. The quantitative estimate of drug-likeness (QED) is 0.725. The molecule has 0 spiro atoms. The molecular weight excluding hydrogens is 192 g/mol. The van der Waals surface area contributed by atoms with Crippen LogP contribution < -0.4 is 5.73 Å². The van der Waals surface area contributed by atoms with Gasteiger partial charge >= 0.3 is 0 Å². The van der Waals surface area contributed by atoms with Crippen LogP contribution in [0.2, 0.25) is 0 Å². The SMILES string of the molecule is COCCC(C)(CN)N1CCOCC1C. The first-order valence-corrected chi connectivity index (χ1v) is 5.67. The first kappa shape index (κ1) is 12.9. The summed E-state index contributed by atoms with van der Waals surface area (Å²) in [4.78, 5) is 2.45. The van der Waals surface area contributed by atoms with Crippen molar-refractivity contribution in [1.29, 1.82) is 0 Å². The summed E-state index contributed by atoms with van der Waals surface area (Å²) in [5.74, 6) is 0. The average molecular weight is 216 g/mol. The molecule has 0 amide bonds. The predicted octanol–water partition coefficient (Wildman–Crippen LogP) is 0.461. The van der Waals surface area contributed by atoms with E-state index < -0.39 is 0 Å². The third kappa shape index (κ3) is 3.14. The van der Waals surface area contributed by atoms with Crippen LogP contribution in [0.3, 0.4) is 0 Å². The van der Waals surface area contributed by atoms with Crippen molar-refractivity contribution in [1.82, 2.24) is 4.90 Å². The van der Waals surface area contributed by atoms with Crippen molar-refractivity contribution in [3.63, 3.8) is 0 Å². The Bertz CT molecular complexity index is 189. The molecule has 0 saturated carbocycles. The molecule has 90 valence electrons. The highest BCUT2D eigenvalue weighted by molar-refractivity contribution is 4.91. The van der Waals surface area contributed by atoms with E-state index in [-0.39, 0.29) is 5.54 Å². The number of nitrogens with zero attached hydrogens (tertiary/aromatic N) is 1. The fraction of sp³-hybridized carbons (Fsp3) is 1.00. The first-order valence-electron chi connectivity index (χ1n) is 5.67. The molecular formula is C11H24N2O2. The van der Waals surface area contributed by atoms with Gasteiger partial charge in [0, 0.05) is 38.4 Å². The molecule has 0 aromatic rings. The summed E-state index contributed by atoms with van der Waals surface area (Å²) in [6, 6.07) is 0.448. The zero-order valence-corrected chi connectivity index (χ0v) is 10.2. The minimum atomic E-state index is 0.0409. The van der Waals surface area contributed by atoms with E-state index in [4.69, 9.17) is 15.2 Å². The van der Waals surface area contributed by atoms with Crippen molar-refractivity contribution in [3.8, 4) is 0 Å². The summed E-state index contributed by atoms with van der Waals surface area (Å²) >= 11 is 0. The van der Waals surface area contributed by atoms with E-state index >= 15 is 0 Å². The van der Waals surface area contributed by atoms with Gasteiger partial charge in [-0.3, -0.25) is 4.90 Å². The zero-order chi connectivity index (χ0) is 11.3. The second-order valence-electron chi connectivity index (χ2n) is 4.56. The van der Waals surface area contributed by atoms with Crippen molar-refractivity contribution in [2.24, 2.45) is 5.73 Å². The van der Waals surface area contributed by atoms with Gasteiger partial charge < -0.3 is 15.2 Å². The molecule has 1 rings (SSSR count). The van der Waals surface area contributed by atoms with E-state index in [1.165, 1.54) is 0 Å². The van der Waals surface area contributed by atoms with Gasteiger partial charge in [0.05, 0.1) is 13.2 Å². The smallest absolute Gasteiger partial charge is 0.0620 e. The molecule has 0 aliphatic carbocycles. The molecule has 2 N–H and O–H groups in total. The Morgan fingerprint density at radius 1 is 1.60 bits per heavy atom. The third-order valence-electron chi connectivity index (χ3n) is 3.35. The average Bonchev–Trinajstić information content (AvgIpc) is 2.26. The predicted molar refractivity (Wildman–Crippen MR) is 60.9 cm³/mol. The van der Waals surface area contributed by atoms with E-state index in [0.29, 0.717) is 12.6 Å². The molecule has 1 aliphatic heterocycles. The van der Waals surface area contributed by atoms with Crippen LogP contribution in [0.1, 0.15) is 20.3 Å². The largest absolute Gasteiger partial charge is 0.385 e. The van der Waals surface area contributed by atoms with Crippen molar-refractivity contribution < 1.29 is 9.47 Å². The summed E-state index contributed by atoms with van der Waals surface area (Å²) in [7, 11) is 1.74. The molecule has 4 heteroatoms. The van der Waals surface area contributed by atoms with Crippen molar-refractivity contribution in [2.45, 2.75) is 31.8 Å². The number of methoxy groups -OCH3 is 1. The summed E-state index contributed by atoms with van der Waals surface area (Å²) in [5, 5.41) is 0. The van der Waals surface area contributed by atoms with Gasteiger partial charge in [0.15, 0.2) is 0 Å². The Kier molecular flexibility index (Phi) is 4.99. The fourth-order valence-corrected chi connectivity index (χ4v) is 2.21. The lowest BCUT2D eigenvalue weighted by Gasteiger charge is -2.46. The highest BCUT2D eigenvalue weighted by Crippen LogP contribution is 2.23. The summed E-state index contributed by atoms with van der Waals surface area (Å²) < 4.78 is 10.6. The van der Waals surface area contributed by atoms with Gasteiger partial charge in [-0.1, -0.05) is 0 Å². The van der Waals surface area contributed by atoms with Crippen LogP contribution in [0, 0.1) is 0 Å². The lowest BCUT2D eigenvalue weighted by Crippen LogP contribution is -2.59.